The van der Waals surface area contributed by atoms with E-state index < -0.39 is 5.91 Å². The molecule has 0 fully saturated rings. The van der Waals surface area contributed by atoms with Gasteiger partial charge in [-0.2, -0.15) is 5.26 Å². The monoisotopic (exact) mass is 504 g/mol. The molecule has 1 N–H and O–H groups in total. The van der Waals surface area contributed by atoms with E-state index in [4.69, 9.17) is 51.1 Å². The third kappa shape index (κ3) is 6.18. The molecule has 32 heavy (non-hydrogen) atoms. The maximum absolute atomic E-state index is 12.5. The summed E-state index contributed by atoms with van der Waals surface area (Å²) in [5.74, 6) is -0.276. The van der Waals surface area contributed by atoms with Crippen LogP contribution in [0, 0.1) is 18.3 Å². The Hall–Kier alpha value is -2.68. The zero-order chi connectivity index (χ0) is 23.3. The van der Waals surface area contributed by atoms with Crippen LogP contribution in [0.25, 0.3) is 6.08 Å². The Morgan fingerprint density at radius 3 is 2.38 bits per heavy atom. The number of benzene rings is 3. The molecule has 0 saturated heterocycles. The summed E-state index contributed by atoms with van der Waals surface area (Å²) in [5.41, 5.74) is 2.68. The highest BCUT2D eigenvalue weighted by Crippen LogP contribution is 2.36. The van der Waals surface area contributed by atoms with Crippen LogP contribution in [0.15, 0.2) is 60.2 Å². The normalized spacial score (nSPS) is 11.1. The summed E-state index contributed by atoms with van der Waals surface area (Å²) in [4.78, 5) is 12.5. The molecule has 0 atom stereocenters. The largest absolute Gasteiger partial charge is 0.486 e. The van der Waals surface area contributed by atoms with Crippen LogP contribution in [0.1, 0.15) is 16.7 Å². The van der Waals surface area contributed by atoms with Crippen LogP contribution in [-0.2, 0) is 11.4 Å². The Balaban J connectivity index is 1.78. The van der Waals surface area contributed by atoms with Crippen molar-refractivity contribution < 1.29 is 9.53 Å². The van der Waals surface area contributed by atoms with Crippen molar-refractivity contribution in [3.8, 4) is 11.8 Å². The van der Waals surface area contributed by atoms with E-state index in [2.05, 4.69) is 5.32 Å². The SMILES string of the molecule is Cc1cccc(NC(=O)/C(C#N)=C\c2cc(Cl)c(OCc3ccc(Cl)cc3Cl)c(Cl)c2)c1. The molecule has 0 radical (unpaired) electrons. The van der Waals surface area contributed by atoms with Crippen molar-refractivity contribution in [3.63, 3.8) is 0 Å². The topological polar surface area (TPSA) is 62.1 Å². The highest BCUT2D eigenvalue weighted by molar-refractivity contribution is 6.37. The lowest BCUT2D eigenvalue weighted by Crippen LogP contribution is -2.13. The molecule has 0 saturated carbocycles. The average molecular weight is 506 g/mol. The predicted octanol–water partition coefficient (Wildman–Crippen LogP) is 7.73. The molecule has 3 aromatic rings. The zero-order valence-corrected chi connectivity index (χ0v) is 19.8. The first-order valence-electron chi connectivity index (χ1n) is 9.32. The lowest BCUT2D eigenvalue weighted by Gasteiger charge is -2.12. The smallest absolute Gasteiger partial charge is 0.266 e. The minimum Gasteiger partial charge on any atom is -0.486 e. The molecule has 0 unspecified atom stereocenters. The Morgan fingerprint density at radius 1 is 1.03 bits per heavy atom. The van der Waals surface area contributed by atoms with E-state index in [1.807, 2.05) is 25.1 Å². The van der Waals surface area contributed by atoms with Gasteiger partial charge in [-0.25, -0.2) is 0 Å². The van der Waals surface area contributed by atoms with Gasteiger partial charge in [0.1, 0.15) is 18.2 Å². The molecule has 0 bridgehead atoms. The third-order valence-corrected chi connectivity index (χ3v) is 5.51. The van der Waals surface area contributed by atoms with Gasteiger partial charge in [-0.15, -0.1) is 0 Å². The summed E-state index contributed by atoms with van der Waals surface area (Å²) in [6.07, 6.45) is 1.41. The molecular weight excluding hydrogens is 490 g/mol. The van der Waals surface area contributed by atoms with Crippen molar-refractivity contribution in [1.29, 1.82) is 5.26 Å². The molecule has 0 spiro atoms. The summed E-state index contributed by atoms with van der Waals surface area (Å²) >= 11 is 24.8. The summed E-state index contributed by atoms with van der Waals surface area (Å²) < 4.78 is 5.74. The first-order valence-corrected chi connectivity index (χ1v) is 10.8. The number of carbonyl (C=O) groups excluding carboxylic acids is 1. The summed E-state index contributed by atoms with van der Waals surface area (Å²) in [7, 11) is 0. The van der Waals surface area contributed by atoms with Gasteiger partial charge < -0.3 is 10.1 Å². The molecule has 0 aliphatic rings. The lowest BCUT2D eigenvalue weighted by atomic mass is 10.1. The second-order valence-electron chi connectivity index (χ2n) is 6.83. The fraction of sp³-hybridized carbons (Fsp3) is 0.0833. The van der Waals surface area contributed by atoms with Crippen molar-refractivity contribution in [1.82, 2.24) is 0 Å². The second kappa shape index (κ2) is 10.8. The minimum absolute atomic E-state index is 0.0970. The van der Waals surface area contributed by atoms with Crippen LogP contribution in [0.2, 0.25) is 20.1 Å². The molecule has 8 heteroatoms. The predicted molar refractivity (Wildman–Crippen MR) is 131 cm³/mol. The molecule has 1 amide bonds. The van der Waals surface area contributed by atoms with E-state index in [0.717, 1.165) is 5.56 Å². The first-order chi connectivity index (χ1) is 15.3. The van der Waals surface area contributed by atoms with E-state index in [1.165, 1.54) is 6.08 Å². The number of aryl methyl sites for hydroxylation is 1. The van der Waals surface area contributed by atoms with Crippen LogP contribution in [-0.4, -0.2) is 5.91 Å². The minimum atomic E-state index is -0.539. The van der Waals surface area contributed by atoms with Gasteiger partial charge in [-0.3, -0.25) is 4.79 Å². The molecule has 3 aromatic carbocycles. The fourth-order valence-corrected chi connectivity index (χ4v) is 3.90. The van der Waals surface area contributed by atoms with Crippen LogP contribution >= 0.6 is 46.4 Å². The number of carbonyl (C=O) groups is 1. The summed E-state index contributed by atoms with van der Waals surface area (Å²) in [6, 6.07) is 17.4. The van der Waals surface area contributed by atoms with Gasteiger partial charge in [0.05, 0.1) is 10.0 Å². The third-order valence-electron chi connectivity index (χ3n) is 4.36. The highest BCUT2D eigenvalue weighted by Gasteiger charge is 2.14. The Morgan fingerprint density at radius 2 is 1.75 bits per heavy atom. The maximum Gasteiger partial charge on any atom is 0.266 e. The van der Waals surface area contributed by atoms with Gasteiger partial charge in [0.25, 0.3) is 5.91 Å². The zero-order valence-electron chi connectivity index (χ0n) is 16.8. The molecule has 0 heterocycles. The number of hydrogen-bond donors (Lipinski definition) is 1. The van der Waals surface area contributed by atoms with Crippen LogP contribution in [0.4, 0.5) is 5.69 Å². The molecule has 0 aliphatic heterocycles. The number of amides is 1. The van der Waals surface area contributed by atoms with Crippen molar-refractivity contribution in [2.75, 3.05) is 5.32 Å². The number of halogens is 4. The fourth-order valence-electron chi connectivity index (χ4n) is 2.83. The molecule has 4 nitrogen and oxygen atoms in total. The van der Waals surface area contributed by atoms with Gasteiger partial charge in [0.2, 0.25) is 0 Å². The van der Waals surface area contributed by atoms with E-state index >= 15 is 0 Å². The van der Waals surface area contributed by atoms with Crippen LogP contribution in [0.5, 0.6) is 5.75 Å². The van der Waals surface area contributed by atoms with E-state index in [-0.39, 0.29) is 28.0 Å². The van der Waals surface area contributed by atoms with E-state index in [9.17, 15) is 10.1 Å². The molecule has 0 aliphatic carbocycles. The number of rotatable bonds is 6. The average Bonchev–Trinajstić information content (AvgIpc) is 2.72. The Bertz CT molecular complexity index is 1230. The molecule has 3 rings (SSSR count). The molecular formula is C24H16Cl4N2O2. The van der Waals surface area contributed by atoms with Gasteiger partial charge in [-0.1, -0.05) is 64.6 Å². The van der Waals surface area contributed by atoms with Crippen LogP contribution < -0.4 is 10.1 Å². The number of nitrogens with zero attached hydrogens (tertiary/aromatic N) is 1. The van der Waals surface area contributed by atoms with Crippen molar-refractivity contribution in [2.45, 2.75) is 13.5 Å². The molecule has 162 valence electrons. The summed E-state index contributed by atoms with van der Waals surface area (Å²) in [5, 5.41) is 13.6. The van der Waals surface area contributed by atoms with Crippen molar-refractivity contribution >= 4 is 64.1 Å². The number of nitriles is 1. The van der Waals surface area contributed by atoms with Gasteiger partial charge >= 0.3 is 0 Å². The van der Waals surface area contributed by atoms with Gasteiger partial charge in [0.15, 0.2) is 5.75 Å². The first kappa shape index (κ1) is 24.0. The van der Waals surface area contributed by atoms with E-state index in [0.29, 0.717) is 26.9 Å². The van der Waals surface area contributed by atoms with Crippen LogP contribution in [0.3, 0.4) is 0 Å². The number of nitrogens with one attached hydrogen (secondary N) is 1. The molecule has 0 aromatic heterocycles. The standard InChI is InChI=1S/C24H16Cl4N2O2/c1-14-3-2-4-19(7-14)30-24(31)17(12-29)8-15-9-21(27)23(22(28)10-15)32-13-16-5-6-18(25)11-20(16)26/h2-11H,13H2,1H3,(H,30,31)/b17-8-. The number of ether oxygens (including phenoxy) is 1. The quantitative estimate of drug-likeness (QED) is 0.275. The lowest BCUT2D eigenvalue weighted by molar-refractivity contribution is -0.112. The summed E-state index contributed by atoms with van der Waals surface area (Å²) in [6.45, 7) is 2.04. The maximum atomic E-state index is 12.5. The van der Waals surface area contributed by atoms with E-state index in [1.54, 1.807) is 42.5 Å². The second-order valence-corrected chi connectivity index (χ2v) is 8.49. The van der Waals surface area contributed by atoms with Gasteiger partial charge in [-0.05, 0) is 60.5 Å². The van der Waals surface area contributed by atoms with Crippen molar-refractivity contribution in [2.24, 2.45) is 0 Å². The Labute approximate surface area is 205 Å². The number of anilines is 1. The van der Waals surface area contributed by atoms with Gasteiger partial charge in [0, 0.05) is 21.3 Å². The highest BCUT2D eigenvalue weighted by atomic mass is 35.5. The number of hydrogen-bond acceptors (Lipinski definition) is 3. The van der Waals surface area contributed by atoms with Crippen molar-refractivity contribution in [3.05, 3.63) is 97.0 Å². The Kier molecular flexibility index (Phi) is 8.06.